The van der Waals surface area contributed by atoms with E-state index in [4.69, 9.17) is 0 Å². The van der Waals surface area contributed by atoms with Crippen molar-refractivity contribution in [3.05, 3.63) is 65.7 Å². The predicted octanol–water partition coefficient (Wildman–Crippen LogP) is 3.75. The van der Waals surface area contributed by atoms with Crippen molar-refractivity contribution in [2.75, 3.05) is 11.4 Å². The highest BCUT2D eigenvalue weighted by Crippen LogP contribution is 2.28. The summed E-state index contributed by atoms with van der Waals surface area (Å²) in [4.78, 5) is 25.9. The Morgan fingerprint density at radius 3 is 2.41 bits per heavy atom. The summed E-state index contributed by atoms with van der Waals surface area (Å²) in [6.07, 6.45) is -5.54. The van der Waals surface area contributed by atoms with Crippen molar-refractivity contribution in [1.82, 2.24) is 5.32 Å². The van der Waals surface area contributed by atoms with Gasteiger partial charge in [-0.1, -0.05) is 48.5 Å². The fourth-order valence-corrected chi connectivity index (χ4v) is 3.30. The van der Waals surface area contributed by atoms with Crippen LogP contribution in [0.4, 0.5) is 18.9 Å². The average Bonchev–Trinajstić information content (AvgIpc) is 2.72. The Morgan fingerprint density at radius 2 is 1.72 bits per heavy atom. The van der Waals surface area contributed by atoms with Crippen LogP contribution in [0.5, 0.6) is 0 Å². The van der Waals surface area contributed by atoms with Gasteiger partial charge in [0.2, 0.25) is 6.23 Å². The normalized spacial score (nSPS) is 15.9. The Bertz CT molecular complexity index is 871. The third-order valence-corrected chi connectivity index (χ3v) is 4.76. The first kappa shape index (κ1) is 20.9. The molecule has 2 aromatic rings. The van der Waals surface area contributed by atoms with Crippen LogP contribution in [0.25, 0.3) is 0 Å². The van der Waals surface area contributed by atoms with Crippen LogP contribution in [0.2, 0.25) is 0 Å². The number of para-hydroxylation sites is 1. The fourth-order valence-electron chi connectivity index (χ4n) is 3.30. The van der Waals surface area contributed by atoms with Crippen LogP contribution in [-0.2, 0) is 20.7 Å². The number of aryl methyl sites for hydroxylation is 1. The van der Waals surface area contributed by atoms with E-state index in [1.807, 2.05) is 12.1 Å². The van der Waals surface area contributed by atoms with Gasteiger partial charge in [-0.25, -0.2) is 4.79 Å². The number of carbonyl (C=O) groups is 2. The van der Waals surface area contributed by atoms with Gasteiger partial charge in [0, 0.05) is 18.3 Å². The highest BCUT2D eigenvalue weighted by Gasteiger charge is 2.44. The topological polar surface area (TPSA) is 58.6 Å². The van der Waals surface area contributed by atoms with Crippen LogP contribution in [0.15, 0.2) is 54.6 Å². The standard InChI is InChI=1S/C21H21F3N2O3/c1-14(15-8-3-2-4-9-15)25-18(29-20(28)21(22,23)24)19(27)26-13-7-11-16-10-5-6-12-17(16)26/h2-6,8-10,12,14,18,25H,7,11,13H2,1H3. The van der Waals surface area contributed by atoms with E-state index in [0.29, 0.717) is 18.7 Å². The van der Waals surface area contributed by atoms with Crippen LogP contribution in [0.3, 0.4) is 0 Å². The van der Waals surface area contributed by atoms with Crippen LogP contribution >= 0.6 is 0 Å². The minimum atomic E-state index is -5.20. The first-order chi connectivity index (χ1) is 13.8. The van der Waals surface area contributed by atoms with Crippen LogP contribution in [0.1, 0.15) is 30.5 Å². The summed E-state index contributed by atoms with van der Waals surface area (Å²) in [5.41, 5.74) is 2.28. The van der Waals surface area contributed by atoms with Gasteiger partial charge < -0.3 is 9.64 Å². The molecule has 8 heteroatoms. The minimum absolute atomic E-state index is 0.331. The Hall–Kier alpha value is -2.87. The minimum Gasteiger partial charge on any atom is -0.430 e. The van der Waals surface area contributed by atoms with E-state index in [-0.39, 0.29) is 0 Å². The van der Waals surface area contributed by atoms with Gasteiger partial charge in [0.1, 0.15) is 0 Å². The summed E-state index contributed by atoms with van der Waals surface area (Å²) in [5, 5.41) is 2.73. The fraction of sp³-hybridized carbons (Fsp3) is 0.333. The molecule has 0 fully saturated rings. The van der Waals surface area contributed by atoms with Gasteiger partial charge in [0.15, 0.2) is 0 Å². The number of hydrogen-bond donors (Lipinski definition) is 1. The lowest BCUT2D eigenvalue weighted by atomic mass is 10.0. The molecule has 29 heavy (non-hydrogen) atoms. The first-order valence-electron chi connectivity index (χ1n) is 9.25. The molecule has 1 amide bonds. The molecule has 2 atom stereocenters. The van der Waals surface area contributed by atoms with Gasteiger partial charge in [-0.15, -0.1) is 0 Å². The molecule has 5 nitrogen and oxygen atoms in total. The molecule has 1 aliphatic rings. The molecule has 1 heterocycles. The summed E-state index contributed by atoms with van der Waals surface area (Å²) in [7, 11) is 0. The van der Waals surface area contributed by atoms with Crippen LogP contribution in [0, 0.1) is 0 Å². The molecular formula is C21H21F3N2O3. The second-order valence-corrected chi connectivity index (χ2v) is 6.80. The van der Waals surface area contributed by atoms with Gasteiger partial charge in [-0.2, -0.15) is 13.2 Å². The number of nitrogens with one attached hydrogen (secondary N) is 1. The third-order valence-electron chi connectivity index (χ3n) is 4.76. The van der Waals surface area contributed by atoms with E-state index in [1.54, 1.807) is 49.4 Å². The number of esters is 1. The van der Waals surface area contributed by atoms with Crippen molar-refractivity contribution in [1.29, 1.82) is 0 Å². The molecule has 0 bridgehead atoms. The Kier molecular flexibility index (Phi) is 6.22. The Morgan fingerprint density at radius 1 is 1.07 bits per heavy atom. The lowest BCUT2D eigenvalue weighted by Crippen LogP contribution is -2.52. The van der Waals surface area contributed by atoms with Crippen LogP contribution in [-0.4, -0.2) is 30.8 Å². The molecule has 0 saturated carbocycles. The number of alkyl halides is 3. The summed E-state index contributed by atoms with van der Waals surface area (Å²) in [6.45, 7) is 2.01. The summed E-state index contributed by atoms with van der Waals surface area (Å²) >= 11 is 0. The van der Waals surface area contributed by atoms with E-state index < -0.39 is 30.3 Å². The molecule has 1 N–H and O–H groups in total. The molecule has 3 rings (SSSR count). The van der Waals surface area contributed by atoms with Gasteiger partial charge in [0.05, 0.1) is 0 Å². The Labute approximate surface area is 166 Å². The van der Waals surface area contributed by atoms with E-state index >= 15 is 0 Å². The number of rotatable bonds is 5. The van der Waals surface area contributed by atoms with Gasteiger partial charge in [-0.05, 0) is 37.0 Å². The monoisotopic (exact) mass is 406 g/mol. The molecule has 0 radical (unpaired) electrons. The first-order valence-corrected chi connectivity index (χ1v) is 9.25. The lowest BCUT2D eigenvalue weighted by molar-refractivity contribution is -0.206. The maximum Gasteiger partial charge on any atom is 0.490 e. The number of fused-ring (bicyclic) bond motifs is 1. The van der Waals surface area contributed by atoms with Crippen molar-refractivity contribution in [2.24, 2.45) is 0 Å². The number of halogens is 3. The molecule has 1 aliphatic heterocycles. The quantitative estimate of drug-likeness (QED) is 0.607. The smallest absolute Gasteiger partial charge is 0.430 e. The molecule has 0 aromatic heterocycles. The van der Waals surface area contributed by atoms with Gasteiger partial charge >= 0.3 is 12.1 Å². The number of hydrogen-bond acceptors (Lipinski definition) is 4. The third kappa shape index (κ3) is 4.95. The number of benzene rings is 2. The van der Waals surface area contributed by atoms with Crippen molar-refractivity contribution < 1.29 is 27.5 Å². The van der Waals surface area contributed by atoms with Crippen molar-refractivity contribution in [3.63, 3.8) is 0 Å². The second kappa shape index (κ2) is 8.65. The summed E-state index contributed by atoms with van der Waals surface area (Å²) in [5.74, 6) is -3.15. The maximum absolute atomic E-state index is 13.1. The zero-order valence-corrected chi connectivity index (χ0v) is 15.8. The number of nitrogens with zero attached hydrogens (tertiary/aromatic N) is 1. The molecular weight excluding hydrogens is 385 g/mol. The Balaban J connectivity index is 1.86. The number of anilines is 1. The summed E-state index contributed by atoms with van der Waals surface area (Å²) < 4.78 is 42.9. The van der Waals surface area contributed by atoms with Gasteiger partial charge in [-0.3, -0.25) is 10.1 Å². The van der Waals surface area contributed by atoms with E-state index in [1.165, 1.54) is 4.90 Å². The molecule has 154 valence electrons. The van der Waals surface area contributed by atoms with E-state index in [9.17, 15) is 22.8 Å². The van der Waals surface area contributed by atoms with E-state index in [2.05, 4.69) is 10.1 Å². The van der Waals surface area contributed by atoms with Crippen LogP contribution < -0.4 is 10.2 Å². The molecule has 2 aromatic carbocycles. The second-order valence-electron chi connectivity index (χ2n) is 6.80. The average molecular weight is 406 g/mol. The van der Waals surface area contributed by atoms with Crippen molar-refractivity contribution in [3.8, 4) is 0 Å². The molecule has 2 unspecified atom stereocenters. The number of ether oxygens (including phenoxy) is 1. The highest BCUT2D eigenvalue weighted by atomic mass is 19.4. The molecule has 0 saturated heterocycles. The summed E-state index contributed by atoms with van der Waals surface area (Å²) in [6, 6.07) is 15.5. The molecule has 0 spiro atoms. The largest absolute Gasteiger partial charge is 0.490 e. The molecule has 0 aliphatic carbocycles. The number of carbonyl (C=O) groups excluding carboxylic acids is 2. The number of amides is 1. The van der Waals surface area contributed by atoms with Crippen molar-refractivity contribution in [2.45, 2.75) is 38.2 Å². The van der Waals surface area contributed by atoms with Crippen molar-refractivity contribution >= 4 is 17.6 Å². The zero-order valence-electron chi connectivity index (χ0n) is 15.8. The highest BCUT2D eigenvalue weighted by molar-refractivity contribution is 5.98. The lowest BCUT2D eigenvalue weighted by Gasteiger charge is -2.33. The maximum atomic E-state index is 13.1. The SMILES string of the molecule is CC(NC(OC(=O)C(F)(F)F)C(=O)N1CCCc2ccccc21)c1ccccc1. The zero-order chi connectivity index (χ0) is 21.0. The van der Waals surface area contributed by atoms with E-state index in [0.717, 1.165) is 17.5 Å². The van der Waals surface area contributed by atoms with Gasteiger partial charge in [0.25, 0.3) is 5.91 Å². The predicted molar refractivity (Wildman–Crippen MR) is 101 cm³/mol.